The van der Waals surface area contributed by atoms with E-state index in [1.54, 1.807) is 0 Å². The van der Waals surface area contributed by atoms with E-state index in [-0.39, 0.29) is 22.2 Å². The maximum absolute atomic E-state index is 12.0. The third kappa shape index (κ3) is 3.67. The zero-order valence-electron chi connectivity index (χ0n) is 10.6. The molecule has 0 aliphatic rings. The van der Waals surface area contributed by atoms with Crippen LogP contribution in [0.5, 0.6) is 0 Å². The zero-order chi connectivity index (χ0) is 13.3. The van der Waals surface area contributed by atoms with Crippen LogP contribution in [0.25, 0.3) is 0 Å². The van der Waals surface area contributed by atoms with Crippen LogP contribution in [-0.4, -0.2) is 19.4 Å². The number of nitrogens with zero attached hydrogens (tertiary/aromatic N) is 1. The van der Waals surface area contributed by atoms with Crippen LogP contribution in [0.1, 0.15) is 27.7 Å². The molecule has 1 aromatic rings. The number of pyridine rings is 1. The first-order chi connectivity index (χ1) is 7.63. The number of nitrogens with one attached hydrogen (secondary N) is 1. The van der Waals surface area contributed by atoms with Gasteiger partial charge in [-0.2, -0.15) is 0 Å². The third-order valence-electron chi connectivity index (χ3n) is 2.69. The van der Waals surface area contributed by atoms with Crippen molar-refractivity contribution in [2.45, 2.75) is 38.6 Å². The summed E-state index contributed by atoms with van der Waals surface area (Å²) in [5.41, 5.74) is 5.32. The van der Waals surface area contributed by atoms with Crippen molar-refractivity contribution in [2.24, 2.45) is 5.41 Å². The van der Waals surface area contributed by atoms with E-state index in [1.807, 2.05) is 27.7 Å². The Bertz CT molecular complexity index is 492. The monoisotopic (exact) mass is 257 g/mol. The largest absolute Gasteiger partial charge is 0.384 e. The van der Waals surface area contributed by atoms with E-state index in [0.29, 0.717) is 0 Å². The van der Waals surface area contributed by atoms with Crippen LogP contribution < -0.4 is 10.5 Å². The van der Waals surface area contributed by atoms with Gasteiger partial charge in [0.15, 0.2) is 0 Å². The summed E-state index contributed by atoms with van der Waals surface area (Å²) in [7, 11) is -3.54. The third-order valence-corrected chi connectivity index (χ3v) is 4.23. The molecule has 0 aliphatic carbocycles. The van der Waals surface area contributed by atoms with Gasteiger partial charge in [0.25, 0.3) is 0 Å². The Kier molecular flexibility index (Phi) is 3.78. The van der Waals surface area contributed by atoms with Crippen molar-refractivity contribution in [1.82, 2.24) is 9.71 Å². The van der Waals surface area contributed by atoms with Gasteiger partial charge < -0.3 is 5.73 Å². The Morgan fingerprint density at radius 1 is 1.41 bits per heavy atom. The highest BCUT2D eigenvalue weighted by molar-refractivity contribution is 7.89. The van der Waals surface area contributed by atoms with Crippen molar-refractivity contribution in [2.75, 3.05) is 5.73 Å². The van der Waals surface area contributed by atoms with Gasteiger partial charge in [-0.25, -0.2) is 18.1 Å². The van der Waals surface area contributed by atoms with Gasteiger partial charge >= 0.3 is 0 Å². The summed E-state index contributed by atoms with van der Waals surface area (Å²) >= 11 is 0. The second kappa shape index (κ2) is 4.62. The smallest absolute Gasteiger partial charge is 0.241 e. The SMILES string of the molecule is CC(NS(=O)(=O)c1ccnc(N)c1)C(C)(C)C. The molecule has 1 atom stereocenters. The lowest BCUT2D eigenvalue weighted by Gasteiger charge is -2.27. The number of hydrogen-bond acceptors (Lipinski definition) is 4. The summed E-state index contributed by atoms with van der Waals surface area (Å²) < 4.78 is 26.7. The van der Waals surface area contributed by atoms with E-state index in [1.165, 1.54) is 18.3 Å². The number of rotatable bonds is 3. The zero-order valence-corrected chi connectivity index (χ0v) is 11.4. The summed E-state index contributed by atoms with van der Waals surface area (Å²) in [5.74, 6) is 0.191. The van der Waals surface area contributed by atoms with E-state index >= 15 is 0 Å². The molecule has 1 rings (SSSR count). The van der Waals surface area contributed by atoms with Gasteiger partial charge in [-0.3, -0.25) is 0 Å². The summed E-state index contributed by atoms with van der Waals surface area (Å²) in [6, 6.07) is 2.59. The van der Waals surface area contributed by atoms with Gasteiger partial charge in [-0.1, -0.05) is 20.8 Å². The lowest BCUT2D eigenvalue weighted by atomic mass is 9.89. The number of aromatic nitrogens is 1. The van der Waals surface area contributed by atoms with Crippen LogP contribution in [0.4, 0.5) is 5.82 Å². The first-order valence-electron chi connectivity index (χ1n) is 5.37. The van der Waals surface area contributed by atoms with Crippen LogP contribution in [0, 0.1) is 5.41 Å². The Morgan fingerprint density at radius 2 is 2.00 bits per heavy atom. The van der Waals surface area contributed by atoms with Crippen LogP contribution in [0.15, 0.2) is 23.2 Å². The molecular formula is C11H19N3O2S. The van der Waals surface area contributed by atoms with Crippen molar-refractivity contribution in [3.8, 4) is 0 Å². The van der Waals surface area contributed by atoms with Crippen molar-refractivity contribution in [3.63, 3.8) is 0 Å². The first kappa shape index (κ1) is 13.9. The van der Waals surface area contributed by atoms with Crippen molar-refractivity contribution in [1.29, 1.82) is 0 Å². The lowest BCUT2D eigenvalue weighted by Crippen LogP contribution is -2.41. The minimum atomic E-state index is -3.54. The molecule has 6 heteroatoms. The molecule has 0 aromatic carbocycles. The fraction of sp³-hybridized carbons (Fsp3) is 0.545. The second-order valence-electron chi connectivity index (χ2n) is 5.13. The highest BCUT2D eigenvalue weighted by atomic mass is 32.2. The standard InChI is InChI=1S/C11H19N3O2S/c1-8(11(2,3)4)14-17(15,16)9-5-6-13-10(12)7-9/h5-8,14H,1-4H3,(H2,12,13). The molecule has 0 spiro atoms. The predicted octanol–water partition coefficient (Wildman–Crippen LogP) is 1.38. The highest BCUT2D eigenvalue weighted by Gasteiger charge is 2.25. The Hall–Kier alpha value is -1.14. The average Bonchev–Trinajstić information content (AvgIpc) is 2.15. The maximum Gasteiger partial charge on any atom is 0.241 e. The van der Waals surface area contributed by atoms with Gasteiger partial charge in [0.1, 0.15) is 5.82 Å². The molecule has 1 heterocycles. The summed E-state index contributed by atoms with van der Waals surface area (Å²) in [5, 5.41) is 0. The highest BCUT2D eigenvalue weighted by Crippen LogP contribution is 2.21. The number of nitrogens with two attached hydrogens (primary N) is 1. The maximum atomic E-state index is 12.0. The number of sulfonamides is 1. The molecule has 0 bridgehead atoms. The molecule has 0 saturated heterocycles. The topological polar surface area (TPSA) is 85.1 Å². The molecule has 1 unspecified atom stereocenters. The normalized spacial score (nSPS) is 14.6. The minimum Gasteiger partial charge on any atom is -0.384 e. The molecule has 3 N–H and O–H groups in total. The van der Waals surface area contributed by atoms with Gasteiger partial charge in [0.2, 0.25) is 10.0 Å². The average molecular weight is 257 g/mol. The first-order valence-corrected chi connectivity index (χ1v) is 6.85. The van der Waals surface area contributed by atoms with Crippen LogP contribution in [0.2, 0.25) is 0 Å². The predicted molar refractivity (Wildman–Crippen MR) is 67.9 cm³/mol. The molecule has 0 radical (unpaired) electrons. The van der Waals surface area contributed by atoms with E-state index in [2.05, 4.69) is 9.71 Å². The number of nitrogen functional groups attached to an aromatic ring is 1. The number of anilines is 1. The molecule has 0 fully saturated rings. The molecule has 0 saturated carbocycles. The van der Waals surface area contributed by atoms with Crippen LogP contribution in [0.3, 0.4) is 0 Å². The molecular weight excluding hydrogens is 238 g/mol. The van der Waals surface area contributed by atoms with Gasteiger partial charge in [-0.05, 0) is 18.4 Å². The Balaban J connectivity index is 2.98. The fourth-order valence-corrected chi connectivity index (χ4v) is 2.54. The van der Waals surface area contributed by atoms with E-state index in [9.17, 15) is 8.42 Å². The number of hydrogen-bond donors (Lipinski definition) is 2. The van der Waals surface area contributed by atoms with Gasteiger partial charge in [0, 0.05) is 18.3 Å². The summed E-state index contributed by atoms with van der Waals surface area (Å²) in [4.78, 5) is 3.91. The Labute approximate surface area is 102 Å². The molecule has 0 aliphatic heterocycles. The van der Waals surface area contributed by atoms with Crippen molar-refractivity contribution < 1.29 is 8.42 Å². The fourth-order valence-electron chi connectivity index (χ4n) is 1.07. The van der Waals surface area contributed by atoms with Gasteiger partial charge in [0.05, 0.1) is 4.90 Å². The van der Waals surface area contributed by atoms with Gasteiger partial charge in [-0.15, -0.1) is 0 Å². The van der Waals surface area contributed by atoms with E-state index < -0.39 is 10.0 Å². The molecule has 96 valence electrons. The molecule has 0 amide bonds. The molecule has 17 heavy (non-hydrogen) atoms. The van der Waals surface area contributed by atoms with E-state index in [0.717, 1.165) is 0 Å². The van der Waals surface area contributed by atoms with Crippen molar-refractivity contribution in [3.05, 3.63) is 18.3 Å². The molecule has 1 aromatic heterocycles. The minimum absolute atomic E-state index is 0.140. The van der Waals surface area contributed by atoms with Crippen molar-refractivity contribution >= 4 is 15.8 Å². The van der Waals surface area contributed by atoms with Crippen LogP contribution in [-0.2, 0) is 10.0 Å². The van der Waals surface area contributed by atoms with E-state index in [4.69, 9.17) is 5.73 Å². The summed E-state index contributed by atoms with van der Waals surface area (Å²) in [6.07, 6.45) is 1.38. The van der Waals surface area contributed by atoms with Crippen LogP contribution >= 0.6 is 0 Å². The molecule has 5 nitrogen and oxygen atoms in total. The quantitative estimate of drug-likeness (QED) is 0.856. The lowest BCUT2D eigenvalue weighted by molar-refractivity contribution is 0.317. The summed E-state index contributed by atoms with van der Waals surface area (Å²) in [6.45, 7) is 7.76. The Morgan fingerprint density at radius 3 is 2.47 bits per heavy atom. The second-order valence-corrected chi connectivity index (χ2v) is 6.84.